The highest BCUT2D eigenvalue weighted by atomic mass is 32.2. The molecular weight excluding hydrogens is 519 g/mol. The van der Waals surface area contributed by atoms with Gasteiger partial charge in [0.1, 0.15) is 17.2 Å². The highest BCUT2D eigenvalue weighted by Gasteiger charge is 2.32. The first-order valence-corrected chi connectivity index (χ1v) is 13.2. The summed E-state index contributed by atoms with van der Waals surface area (Å²) in [5.41, 5.74) is 1.84. The molecule has 0 N–H and O–H groups in total. The largest absolute Gasteiger partial charge is 0.573 e. The summed E-state index contributed by atoms with van der Waals surface area (Å²) in [6.07, 6.45) is -4.26. The van der Waals surface area contributed by atoms with E-state index in [0.717, 1.165) is 40.7 Å². The second kappa shape index (κ2) is 10.5. The summed E-state index contributed by atoms with van der Waals surface area (Å²) in [4.78, 5) is 6.65. The van der Waals surface area contributed by atoms with E-state index < -0.39 is 22.1 Å². The highest BCUT2D eigenvalue weighted by Crippen LogP contribution is 2.30. The Hall–Kier alpha value is -3.03. The quantitative estimate of drug-likeness (QED) is 0.422. The van der Waals surface area contributed by atoms with Gasteiger partial charge < -0.3 is 19.1 Å². The molecule has 2 aromatic carbocycles. The molecule has 1 aliphatic rings. The van der Waals surface area contributed by atoms with Crippen LogP contribution >= 0.6 is 11.3 Å². The lowest BCUT2D eigenvalue weighted by Crippen LogP contribution is -2.48. The molecule has 13 heteroatoms. The molecule has 1 fully saturated rings. The number of piperazine rings is 1. The van der Waals surface area contributed by atoms with Crippen molar-refractivity contribution in [3.8, 4) is 17.2 Å². The Morgan fingerprint density at radius 3 is 2.25 bits per heavy atom. The van der Waals surface area contributed by atoms with E-state index in [4.69, 9.17) is 14.5 Å². The number of nitrogens with zero attached hydrogens (tertiary/aromatic N) is 3. The zero-order valence-corrected chi connectivity index (χ0v) is 21.1. The van der Waals surface area contributed by atoms with Crippen molar-refractivity contribution in [3.05, 3.63) is 59.1 Å². The Bertz CT molecular complexity index is 1290. The molecule has 0 atom stereocenters. The van der Waals surface area contributed by atoms with E-state index in [0.29, 0.717) is 31.0 Å². The molecule has 0 unspecified atom stereocenters. The van der Waals surface area contributed by atoms with Gasteiger partial charge in [-0.05, 0) is 30.3 Å². The van der Waals surface area contributed by atoms with Crippen molar-refractivity contribution in [1.82, 2.24) is 9.29 Å². The van der Waals surface area contributed by atoms with E-state index in [2.05, 4.69) is 4.74 Å². The molecule has 0 aliphatic carbocycles. The number of thiazole rings is 1. The van der Waals surface area contributed by atoms with Crippen LogP contribution in [0, 0.1) is 0 Å². The Morgan fingerprint density at radius 2 is 1.64 bits per heavy atom. The fraction of sp³-hybridized carbons (Fsp3) is 0.348. The third-order valence-corrected chi connectivity index (χ3v) is 8.47. The molecular formula is C23H24F3N3O5S2. The summed E-state index contributed by atoms with van der Waals surface area (Å²) < 4.78 is 78.8. The maximum Gasteiger partial charge on any atom is 0.573 e. The first kappa shape index (κ1) is 26.0. The van der Waals surface area contributed by atoms with Crippen molar-refractivity contribution in [3.63, 3.8) is 0 Å². The third kappa shape index (κ3) is 6.02. The van der Waals surface area contributed by atoms with E-state index in [1.165, 1.54) is 15.6 Å². The predicted molar refractivity (Wildman–Crippen MR) is 129 cm³/mol. The topological polar surface area (TPSA) is 81.2 Å². The Balaban J connectivity index is 1.38. The number of methoxy groups -OCH3 is 2. The summed E-state index contributed by atoms with van der Waals surface area (Å²) in [6.45, 7) is 1.33. The van der Waals surface area contributed by atoms with Crippen molar-refractivity contribution < 1.29 is 35.8 Å². The Labute approximate surface area is 210 Å². The van der Waals surface area contributed by atoms with Crippen molar-refractivity contribution >= 4 is 26.5 Å². The summed E-state index contributed by atoms with van der Waals surface area (Å²) in [5.74, 6) is 0.937. The molecule has 1 aliphatic heterocycles. The van der Waals surface area contributed by atoms with Gasteiger partial charge in [-0.25, -0.2) is 13.4 Å². The zero-order valence-electron chi connectivity index (χ0n) is 19.5. The molecule has 1 aromatic heterocycles. The lowest BCUT2D eigenvalue weighted by molar-refractivity contribution is -0.274. The summed E-state index contributed by atoms with van der Waals surface area (Å²) in [6, 6.07) is 9.83. The van der Waals surface area contributed by atoms with E-state index >= 15 is 0 Å². The average Bonchev–Trinajstić information content (AvgIpc) is 3.32. The van der Waals surface area contributed by atoms with Gasteiger partial charge in [-0.15, -0.1) is 24.5 Å². The van der Waals surface area contributed by atoms with Gasteiger partial charge in [0.2, 0.25) is 10.0 Å². The van der Waals surface area contributed by atoms with Gasteiger partial charge in [0.15, 0.2) is 5.13 Å². The lowest BCUT2D eigenvalue weighted by Gasteiger charge is -2.33. The molecule has 4 rings (SSSR count). The maximum absolute atomic E-state index is 13.0. The van der Waals surface area contributed by atoms with E-state index in [1.807, 2.05) is 28.5 Å². The minimum Gasteiger partial charge on any atom is -0.497 e. The van der Waals surface area contributed by atoms with Crippen molar-refractivity contribution in [1.29, 1.82) is 0 Å². The van der Waals surface area contributed by atoms with Gasteiger partial charge in [0.25, 0.3) is 0 Å². The van der Waals surface area contributed by atoms with Crippen LogP contribution in [0.15, 0.2) is 52.7 Å². The minimum absolute atomic E-state index is 0.0875. The van der Waals surface area contributed by atoms with E-state index in [-0.39, 0.29) is 18.0 Å². The molecule has 0 saturated carbocycles. The van der Waals surface area contributed by atoms with Crippen LogP contribution in [0.1, 0.15) is 11.3 Å². The fourth-order valence-electron chi connectivity index (χ4n) is 3.80. The van der Waals surface area contributed by atoms with Crippen molar-refractivity contribution in [2.75, 3.05) is 45.3 Å². The number of hydrogen-bond acceptors (Lipinski definition) is 8. The summed E-state index contributed by atoms with van der Waals surface area (Å²) in [5, 5.41) is 2.76. The smallest absolute Gasteiger partial charge is 0.497 e. The highest BCUT2D eigenvalue weighted by molar-refractivity contribution is 7.89. The second-order valence-corrected chi connectivity index (χ2v) is 10.7. The number of ether oxygens (including phenoxy) is 3. The fourth-order valence-corrected chi connectivity index (χ4v) is 6.10. The van der Waals surface area contributed by atoms with Gasteiger partial charge in [-0.3, -0.25) is 0 Å². The van der Waals surface area contributed by atoms with Crippen molar-refractivity contribution in [2.24, 2.45) is 0 Å². The number of alkyl halides is 3. The van der Waals surface area contributed by atoms with E-state index in [1.54, 1.807) is 14.2 Å². The number of aromatic nitrogens is 1. The van der Waals surface area contributed by atoms with Crippen LogP contribution in [0.3, 0.4) is 0 Å². The zero-order chi connectivity index (χ0) is 25.9. The summed E-state index contributed by atoms with van der Waals surface area (Å²) in [7, 11) is -0.656. The van der Waals surface area contributed by atoms with Crippen molar-refractivity contribution in [2.45, 2.75) is 17.7 Å². The second-order valence-electron chi connectivity index (χ2n) is 7.89. The molecule has 194 valence electrons. The van der Waals surface area contributed by atoms with Crippen LogP contribution < -0.4 is 19.1 Å². The average molecular weight is 544 g/mol. The SMILES string of the molecule is COc1ccc(Cc2csc(N3CCN(S(=O)(=O)c4ccc(OC(F)(F)F)cc4)CC3)n2)c(OC)c1. The van der Waals surface area contributed by atoms with Gasteiger partial charge in [-0.1, -0.05) is 6.07 Å². The molecule has 0 amide bonds. The van der Waals surface area contributed by atoms with Gasteiger partial charge in [-0.2, -0.15) is 4.31 Å². The van der Waals surface area contributed by atoms with Crippen LogP contribution in [-0.2, 0) is 16.4 Å². The Morgan fingerprint density at radius 1 is 0.972 bits per heavy atom. The minimum atomic E-state index is -4.84. The molecule has 1 saturated heterocycles. The van der Waals surface area contributed by atoms with Crippen LogP contribution in [-0.4, -0.2) is 64.5 Å². The molecule has 8 nitrogen and oxygen atoms in total. The molecule has 36 heavy (non-hydrogen) atoms. The molecule has 0 bridgehead atoms. The standard InChI is InChI=1S/C23H24F3N3O5S2/c1-32-19-4-3-16(21(14-19)33-2)13-17-15-35-22(27-17)28-9-11-29(12-10-28)36(30,31)20-7-5-18(6-8-20)34-23(24,25)26/h3-8,14-15H,9-13H2,1-2H3. The number of rotatable bonds is 8. The predicted octanol–water partition coefficient (Wildman–Crippen LogP) is 4.16. The van der Waals surface area contributed by atoms with Crippen LogP contribution in [0.5, 0.6) is 17.2 Å². The monoisotopic (exact) mass is 543 g/mol. The first-order chi connectivity index (χ1) is 17.1. The normalized spacial score (nSPS) is 15.1. The number of anilines is 1. The van der Waals surface area contributed by atoms with Crippen LogP contribution in [0.2, 0.25) is 0 Å². The molecule has 0 radical (unpaired) electrons. The number of hydrogen-bond donors (Lipinski definition) is 0. The maximum atomic E-state index is 13.0. The van der Waals surface area contributed by atoms with Crippen LogP contribution in [0.4, 0.5) is 18.3 Å². The molecule has 2 heterocycles. The Kier molecular flexibility index (Phi) is 7.62. The number of halogens is 3. The number of sulfonamides is 1. The molecule has 3 aromatic rings. The lowest BCUT2D eigenvalue weighted by atomic mass is 10.1. The first-order valence-electron chi connectivity index (χ1n) is 10.9. The van der Waals surface area contributed by atoms with Crippen LogP contribution in [0.25, 0.3) is 0 Å². The van der Waals surface area contributed by atoms with Gasteiger partial charge >= 0.3 is 6.36 Å². The summed E-state index contributed by atoms with van der Waals surface area (Å²) >= 11 is 1.48. The molecule has 0 spiro atoms. The van der Waals surface area contributed by atoms with E-state index in [9.17, 15) is 21.6 Å². The third-order valence-electron chi connectivity index (χ3n) is 5.61. The van der Waals surface area contributed by atoms with Gasteiger partial charge in [0, 0.05) is 49.6 Å². The van der Waals surface area contributed by atoms with Gasteiger partial charge in [0.05, 0.1) is 24.8 Å². The number of benzene rings is 2.